The van der Waals surface area contributed by atoms with E-state index in [1.54, 1.807) is 0 Å². The van der Waals surface area contributed by atoms with Gasteiger partial charge in [-0.15, -0.1) is 0 Å². The molecule has 520 valence electrons. The van der Waals surface area contributed by atoms with Crippen molar-refractivity contribution < 1.29 is 0 Å². The van der Waals surface area contributed by atoms with Gasteiger partial charge < -0.3 is 14.7 Å². The van der Waals surface area contributed by atoms with Crippen LogP contribution in [-0.2, 0) is 59.6 Å². The Balaban J connectivity index is 1.12. The number of benzene rings is 9. The van der Waals surface area contributed by atoms with Crippen LogP contribution >= 0.6 is 0 Å². The van der Waals surface area contributed by atoms with Crippen LogP contribution in [0.1, 0.15) is 294 Å². The lowest BCUT2D eigenvalue weighted by molar-refractivity contribution is 0.331. The average molecular weight is 1330 g/mol. The molecule has 0 saturated carbocycles. The Morgan fingerprint density at radius 2 is 0.693 bits per heavy atom. The number of hydrogen-bond donors (Lipinski definition) is 0. The third kappa shape index (κ3) is 9.82. The lowest BCUT2D eigenvalue weighted by Crippen LogP contribution is -2.62. The van der Waals surface area contributed by atoms with Crippen molar-refractivity contribution in [2.24, 2.45) is 0 Å². The van der Waals surface area contributed by atoms with Crippen molar-refractivity contribution >= 4 is 74.3 Å². The smallest absolute Gasteiger partial charge is 0.252 e. The molecule has 101 heavy (non-hydrogen) atoms. The van der Waals surface area contributed by atoms with E-state index in [2.05, 4.69) is 340 Å². The third-order valence-electron chi connectivity index (χ3n) is 27.6. The largest absolute Gasteiger partial charge is 0.311 e. The Bertz CT molecular complexity index is 4960. The van der Waals surface area contributed by atoms with E-state index in [9.17, 15) is 0 Å². The maximum absolute atomic E-state index is 2.89. The van der Waals surface area contributed by atoms with Gasteiger partial charge in [-0.25, -0.2) is 0 Å². The van der Waals surface area contributed by atoms with E-state index < -0.39 is 0 Å². The van der Waals surface area contributed by atoms with Crippen LogP contribution in [0.25, 0.3) is 11.1 Å². The molecule has 16 rings (SSSR count). The second kappa shape index (κ2) is 21.3. The van der Waals surface area contributed by atoms with Gasteiger partial charge in [0.15, 0.2) is 0 Å². The van der Waals surface area contributed by atoms with Gasteiger partial charge in [-0.2, -0.15) is 0 Å². The quantitative estimate of drug-likeness (QED) is 0.159. The molecule has 0 bridgehead atoms. The summed E-state index contributed by atoms with van der Waals surface area (Å²) in [7, 11) is 0. The van der Waals surface area contributed by atoms with Gasteiger partial charge in [0.1, 0.15) is 0 Å². The maximum Gasteiger partial charge on any atom is 0.252 e. The predicted molar refractivity (Wildman–Crippen MR) is 436 cm³/mol. The second-order valence-electron chi connectivity index (χ2n) is 40.3. The van der Waals surface area contributed by atoms with E-state index in [1.165, 1.54) is 157 Å². The standard InChI is InChI=1S/C97H114BN3/c1-57-47-69-73(93(17,18)45-41-89(69,9)10)54-79(57)100-81-56-76-75(95(21,22)65-29-27-28-30-66(65)96(76,23)24)53-78(81)98-77-40-39-67-84(64-51-71-72(52-68(64)97(67,25)26)92(15,16)44-43-91(71,13)14)86(77)101(80-55-74-70(48-58(80)2)90(11,12)42-46-94(74,19)20)83-50-63(49-82(100)85(83)98)99(61-35-31-59(32-36-61)87(3,4)5)62-37-33-60(34-38-62)88(6,7)8/h27-40,47-56H,41-46H2,1-26H3. The summed E-state index contributed by atoms with van der Waals surface area (Å²) in [6, 6.07) is 60.8. The van der Waals surface area contributed by atoms with E-state index in [-0.39, 0.29) is 66.3 Å². The second-order valence-corrected chi connectivity index (χ2v) is 40.3. The highest BCUT2D eigenvalue weighted by Gasteiger charge is 2.53. The van der Waals surface area contributed by atoms with E-state index in [0.717, 1.165) is 49.2 Å². The van der Waals surface area contributed by atoms with Gasteiger partial charge >= 0.3 is 0 Å². The molecule has 3 nitrogen and oxygen atoms in total. The molecule has 2 aliphatic heterocycles. The monoisotopic (exact) mass is 1330 g/mol. The highest BCUT2D eigenvalue weighted by Crippen LogP contribution is 2.62. The molecule has 5 aliphatic carbocycles. The lowest BCUT2D eigenvalue weighted by atomic mass is 9.32. The normalized spacial score (nSPS) is 20.2. The average Bonchev–Trinajstić information content (AvgIpc) is 1.66. The molecule has 0 spiro atoms. The molecule has 0 radical (unpaired) electrons. The van der Waals surface area contributed by atoms with Gasteiger partial charge in [0.05, 0.1) is 5.69 Å². The van der Waals surface area contributed by atoms with E-state index in [1.807, 2.05) is 0 Å². The molecule has 9 aromatic rings. The third-order valence-corrected chi connectivity index (χ3v) is 27.6. The number of rotatable bonds is 5. The number of hydrogen-bond acceptors (Lipinski definition) is 3. The van der Waals surface area contributed by atoms with Crippen LogP contribution in [0.3, 0.4) is 0 Å². The molecular formula is C97H114BN3. The minimum atomic E-state index is -0.299. The Morgan fingerprint density at radius 3 is 1.14 bits per heavy atom. The van der Waals surface area contributed by atoms with Gasteiger partial charge in [-0.05, 0) is 267 Å². The van der Waals surface area contributed by atoms with Crippen LogP contribution in [0.5, 0.6) is 0 Å². The molecule has 7 aliphatic rings. The van der Waals surface area contributed by atoms with Crippen LogP contribution in [-0.4, -0.2) is 6.71 Å². The summed E-state index contributed by atoms with van der Waals surface area (Å²) in [4.78, 5) is 8.33. The minimum absolute atomic E-state index is 0.00858. The Kier molecular flexibility index (Phi) is 14.3. The fraction of sp³-hybridized carbons (Fsp3) is 0.443. The van der Waals surface area contributed by atoms with Crippen LogP contribution in [0.4, 0.5) is 51.2 Å². The van der Waals surface area contributed by atoms with Gasteiger partial charge in [0, 0.05) is 67.3 Å². The molecule has 0 atom stereocenters. The van der Waals surface area contributed by atoms with E-state index in [4.69, 9.17) is 0 Å². The summed E-state index contributed by atoms with van der Waals surface area (Å²) in [5.74, 6) is 0. The first-order valence-electron chi connectivity index (χ1n) is 38.7. The van der Waals surface area contributed by atoms with Gasteiger partial charge in [-0.3, -0.25) is 0 Å². The van der Waals surface area contributed by atoms with Crippen molar-refractivity contribution in [3.05, 3.63) is 235 Å². The van der Waals surface area contributed by atoms with Gasteiger partial charge in [-0.1, -0.05) is 251 Å². The van der Waals surface area contributed by atoms with Crippen molar-refractivity contribution in [3.8, 4) is 11.1 Å². The van der Waals surface area contributed by atoms with Crippen molar-refractivity contribution in [3.63, 3.8) is 0 Å². The van der Waals surface area contributed by atoms with Crippen LogP contribution in [0.2, 0.25) is 0 Å². The highest BCUT2D eigenvalue weighted by atomic mass is 15.2. The van der Waals surface area contributed by atoms with Crippen molar-refractivity contribution in [1.82, 2.24) is 0 Å². The summed E-state index contributed by atoms with van der Waals surface area (Å²) in [6.45, 7) is 64.1. The summed E-state index contributed by atoms with van der Waals surface area (Å²) < 4.78 is 0. The Morgan fingerprint density at radius 1 is 0.317 bits per heavy atom. The zero-order valence-corrected chi connectivity index (χ0v) is 66.5. The van der Waals surface area contributed by atoms with E-state index in [0.29, 0.717) is 0 Å². The predicted octanol–water partition coefficient (Wildman–Crippen LogP) is 24.8. The first-order chi connectivity index (χ1) is 46.9. The Labute approximate surface area is 609 Å². The van der Waals surface area contributed by atoms with Crippen LogP contribution < -0.4 is 31.1 Å². The zero-order valence-electron chi connectivity index (χ0n) is 66.5. The van der Waals surface area contributed by atoms with Crippen molar-refractivity contribution in [2.75, 3.05) is 14.7 Å². The fourth-order valence-electron chi connectivity index (χ4n) is 20.5. The first-order valence-corrected chi connectivity index (χ1v) is 38.7. The molecule has 0 amide bonds. The summed E-state index contributed by atoms with van der Waals surface area (Å²) in [6.07, 6.45) is 6.92. The molecule has 0 aromatic heterocycles. The molecule has 2 heterocycles. The fourth-order valence-corrected chi connectivity index (χ4v) is 20.5. The molecule has 0 fully saturated rings. The first kappa shape index (κ1) is 67.9. The summed E-state index contributed by atoms with van der Waals surface area (Å²) in [5.41, 5.74) is 40.0. The molecule has 0 unspecified atom stereocenters. The lowest BCUT2D eigenvalue weighted by Gasteiger charge is -2.49. The number of fused-ring (bicyclic) bond motifs is 13. The van der Waals surface area contributed by atoms with E-state index >= 15 is 0 Å². The number of anilines is 9. The molecular weight excluding hydrogens is 1220 g/mol. The Hall–Kier alpha value is -7.56. The SMILES string of the molecule is Cc1cc2c(cc1N1c3cc4c(cc3B3c5ccc6c(c5N(c5cc7c(cc5C)C(C)(C)CCC7(C)C)c5cc(N(c7ccc(C(C)(C)C)cc7)c7ccc(C(C)(C)C)cc7)cc1c53)-c1cc3c(cc1C6(C)C)C(C)(C)CCC3(C)C)C(C)(C)c1ccccc1C4(C)C)C(C)(C)CCC2(C)C. The molecule has 9 aromatic carbocycles. The van der Waals surface area contributed by atoms with Crippen LogP contribution in [0, 0.1) is 13.8 Å². The van der Waals surface area contributed by atoms with Gasteiger partial charge in [0.2, 0.25) is 0 Å². The minimum Gasteiger partial charge on any atom is -0.311 e. The maximum atomic E-state index is 2.89. The highest BCUT2D eigenvalue weighted by molar-refractivity contribution is 7.00. The summed E-state index contributed by atoms with van der Waals surface area (Å²) >= 11 is 0. The molecule has 0 N–H and O–H groups in total. The molecule has 0 saturated heterocycles. The molecule has 4 heteroatoms. The van der Waals surface area contributed by atoms with Gasteiger partial charge in [0.25, 0.3) is 6.71 Å². The topological polar surface area (TPSA) is 9.72 Å². The summed E-state index contributed by atoms with van der Waals surface area (Å²) in [5, 5.41) is 0. The number of nitrogens with zero attached hydrogens (tertiary/aromatic N) is 3. The van der Waals surface area contributed by atoms with Crippen molar-refractivity contribution in [1.29, 1.82) is 0 Å². The number of aryl methyl sites for hydroxylation is 2. The van der Waals surface area contributed by atoms with Crippen molar-refractivity contribution in [2.45, 2.75) is 278 Å². The zero-order chi connectivity index (χ0) is 72.3. The van der Waals surface area contributed by atoms with Crippen LogP contribution in [0.15, 0.2) is 146 Å².